The smallest absolute Gasteiger partial charge is 0.251 e. The zero-order valence-electron chi connectivity index (χ0n) is 15.3. The van der Waals surface area contributed by atoms with E-state index in [2.05, 4.69) is 15.6 Å². The van der Waals surface area contributed by atoms with Crippen molar-refractivity contribution in [1.29, 1.82) is 0 Å². The molecule has 2 amide bonds. The first kappa shape index (κ1) is 18.4. The number of aromatic amines is 1. The Balaban J connectivity index is 1.66. The van der Waals surface area contributed by atoms with Gasteiger partial charge in [-0.15, -0.1) is 0 Å². The molecule has 1 aromatic heterocycles. The summed E-state index contributed by atoms with van der Waals surface area (Å²) in [5.41, 5.74) is 3.39. The summed E-state index contributed by atoms with van der Waals surface area (Å²) in [5.74, 6) is -0.451. The fraction of sp³-hybridized carbons (Fsp3) is 0.190. The summed E-state index contributed by atoms with van der Waals surface area (Å²) in [6.45, 7) is 3.72. The Hall–Kier alpha value is -3.41. The van der Waals surface area contributed by atoms with Gasteiger partial charge in [-0.2, -0.15) is 0 Å². The number of rotatable bonds is 5. The molecule has 2 aromatic carbocycles. The highest BCUT2D eigenvalue weighted by molar-refractivity contribution is 5.96. The maximum Gasteiger partial charge on any atom is 0.251 e. The van der Waals surface area contributed by atoms with Gasteiger partial charge in [-0.05, 0) is 54.6 Å². The summed E-state index contributed by atoms with van der Waals surface area (Å²) in [6, 6.07) is 14.5. The largest absolute Gasteiger partial charge is 0.352 e. The van der Waals surface area contributed by atoms with Crippen molar-refractivity contribution < 1.29 is 9.59 Å². The number of aryl methyl sites for hydroxylation is 1. The molecule has 0 atom stereocenters. The average molecular weight is 363 g/mol. The van der Waals surface area contributed by atoms with Crippen LogP contribution in [0.2, 0.25) is 0 Å². The summed E-state index contributed by atoms with van der Waals surface area (Å²) >= 11 is 0. The number of hydrogen-bond acceptors (Lipinski definition) is 3. The zero-order valence-corrected chi connectivity index (χ0v) is 15.3. The molecule has 3 rings (SSSR count). The number of pyridine rings is 1. The number of anilines is 1. The summed E-state index contributed by atoms with van der Waals surface area (Å²) < 4.78 is 0. The predicted molar refractivity (Wildman–Crippen MR) is 106 cm³/mol. The van der Waals surface area contributed by atoms with Crippen molar-refractivity contribution in [1.82, 2.24) is 10.3 Å². The van der Waals surface area contributed by atoms with Crippen molar-refractivity contribution in [3.05, 3.63) is 75.6 Å². The van der Waals surface area contributed by atoms with Crippen molar-refractivity contribution in [2.24, 2.45) is 0 Å². The van der Waals surface area contributed by atoms with Crippen molar-refractivity contribution in [2.75, 3.05) is 11.9 Å². The lowest BCUT2D eigenvalue weighted by atomic mass is 10.1. The summed E-state index contributed by atoms with van der Waals surface area (Å²) in [5, 5.41) is 6.42. The van der Waals surface area contributed by atoms with Crippen LogP contribution in [0.1, 0.15) is 28.4 Å². The molecule has 27 heavy (non-hydrogen) atoms. The van der Waals surface area contributed by atoms with Gasteiger partial charge in [0.05, 0.1) is 0 Å². The van der Waals surface area contributed by atoms with Crippen LogP contribution in [0.4, 0.5) is 5.69 Å². The quantitative estimate of drug-likeness (QED) is 0.651. The summed E-state index contributed by atoms with van der Waals surface area (Å²) in [7, 11) is 0. The third-order valence-electron chi connectivity index (χ3n) is 4.20. The van der Waals surface area contributed by atoms with Gasteiger partial charge >= 0.3 is 0 Å². The highest BCUT2D eigenvalue weighted by Crippen LogP contribution is 2.13. The van der Waals surface area contributed by atoms with Crippen LogP contribution in [-0.4, -0.2) is 23.3 Å². The molecule has 0 saturated heterocycles. The number of hydrogen-bond donors (Lipinski definition) is 3. The van der Waals surface area contributed by atoms with Gasteiger partial charge in [-0.1, -0.05) is 18.2 Å². The molecule has 0 radical (unpaired) electrons. The lowest BCUT2D eigenvalue weighted by molar-refractivity contribution is -0.114. The Morgan fingerprint density at radius 1 is 1.07 bits per heavy atom. The molecule has 3 N–H and O–H groups in total. The molecule has 1 heterocycles. The van der Waals surface area contributed by atoms with Gasteiger partial charge in [0.2, 0.25) is 5.91 Å². The first-order valence-corrected chi connectivity index (χ1v) is 8.71. The molecule has 0 spiro atoms. The second-order valence-corrected chi connectivity index (χ2v) is 6.48. The van der Waals surface area contributed by atoms with E-state index in [1.54, 1.807) is 24.3 Å². The van der Waals surface area contributed by atoms with E-state index in [1.807, 2.05) is 31.2 Å². The minimum Gasteiger partial charge on any atom is -0.352 e. The van der Waals surface area contributed by atoms with Gasteiger partial charge in [0.25, 0.3) is 11.5 Å². The monoisotopic (exact) mass is 363 g/mol. The van der Waals surface area contributed by atoms with Crippen molar-refractivity contribution in [3.63, 3.8) is 0 Å². The Kier molecular flexibility index (Phi) is 5.35. The standard InChI is InChI=1S/C21H21N3O3/c1-13-6-7-15-11-17(21(27)24-19(15)10-13)8-9-22-20(26)16-4-3-5-18(12-16)23-14(2)25/h3-7,10-12H,8-9H2,1-2H3,(H,22,26)(H,23,25)(H,24,27). The van der Waals surface area contributed by atoms with Gasteiger partial charge < -0.3 is 15.6 Å². The number of aromatic nitrogens is 1. The van der Waals surface area contributed by atoms with Crippen LogP contribution in [0.5, 0.6) is 0 Å². The van der Waals surface area contributed by atoms with Gasteiger partial charge in [-0.25, -0.2) is 0 Å². The molecule has 0 aliphatic heterocycles. The highest BCUT2D eigenvalue weighted by Gasteiger charge is 2.08. The van der Waals surface area contributed by atoms with E-state index in [1.165, 1.54) is 6.92 Å². The molecule has 3 aromatic rings. The molecule has 6 nitrogen and oxygen atoms in total. The Morgan fingerprint density at radius 3 is 2.67 bits per heavy atom. The van der Waals surface area contributed by atoms with E-state index < -0.39 is 0 Å². The third-order valence-corrected chi connectivity index (χ3v) is 4.20. The minimum absolute atomic E-state index is 0.144. The van der Waals surface area contributed by atoms with E-state index in [9.17, 15) is 14.4 Å². The first-order valence-electron chi connectivity index (χ1n) is 8.71. The average Bonchev–Trinajstić information content (AvgIpc) is 2.62. The third kappa shape index (κ3) is 4.61. The second kappa shape index (κ2) is 7.86. The normalized spacial score (nSPS) is 10.6. The molecule has 6 heteroatoms. The number of H-pyrrole nitrogens is 1. The molecule has 0 unspecified atom stereocenters. The second-order valence-electron chi connectivity index (χ2n) is 6.48. The molecular weight excluding hydrogens is 342 g/mol. The van der Waals surface area contributed by atoms with Crippen LogP contribution in [0.15, 0.2) is 53.3 Å². The van der Waals surface area contributed by atoms with E-state index in [0.717, 1.165) is 16.5 Å². The van der Waals surface area contributed by atoms with E-state index >= 15 is 0 Å². The zero-order chi connectivity index (χ0) is 19.4. The van der Waals surface area contributed by atoms with Gasteiger partial charge in [0.1, 0.15) is 0 Å². The number of nitrogens with one attached hydrogen (secondary N) is 3. The fourth-order valence-corrected chi connectivity index (χ4v) is 2.90. The lowest BCUT2D eigenvalue weighted by Crippen LogP contribution is -2.27. The Bertz CT molecular complexity index is 1070. The van der Waals surface area contributed by atoms with Gasteiger partial charge in [-0.3, -0.25) is 14.4 Å². The van der Waals surface area contributed by atoms with Crippen LogP contribution in [0.3, 0.4) is 0 Å². The minimum atomic E-state index is -0.255. The first-order chi connectivity index (χ1) is 12.9. The molecule has 138 valence electrons. The lowest BCUT2D eigenvalue weighted by Gasteiger charge is -2.08. The van der Waals surface area contributed by atoms with Crippen LogP contribution < -0.4 is 16.2 Å². The fourth-order valence-electron chi connectivity index (χ4n) is 2.90. The topological polar surface area (TPSA) is 91.1 Å². The Morgan fingerprint density at radius 2 is 1.89 bits per heavy atom. The van der Waals surface area contributed by atoms with Gasteiger partial charge in [0, 0.05) is 35.8 Å². The highest BCUT2D eigenvalue weighted by atomic mass is 16.2. The van der Waals surface area contributed by atoms with E-state index in [0.29, 0.717) is 29.8 Å². The van der Waals surface area contributed by atoms with Crippen LogP contribution in [0, 0.1) is 6.92 Å². The van der Waals surface area contributed by atoms with E-state index in [-0.39, 0.29) is 17.4 Å². The molecule has 0 aliphatic carbocycles. The molecule has 0 fully saturated rings. The van der Waals surface area contributed by atoms with Crippen molar-refractivity contribution in [3.8, 4) is 0 Å². The maximum atomic E-state index is 12.3. The molecule has 0 bridgehead atoms. The summed E-state index contributed by atoms with van der Waals surface area (Å²) in [4.78, 5) is 38.5. The van der Waals surface area contributed by atoms with E-state index in [4.69, 9.17) is 0 Å². The SMILES string of the molecule is CC(=O)Nc1cccc(C(=O)NCCc2cc3ccc(C)cc3[nH]c2=O)c1. The number of benzene rings is 2. The number of amides is 2. The van der Waals surface area contributed by atoms with Crippen molar-refractivity contribution >= 4 is 28.4 Å². The van der Waals surface area contributed by atoms with Gasteiger partial charge in [0.15, 0.2) is 0 Å². The number of carbonyl (C=O) groups is 2. The maximum absolute atomic E-state index is 12.3. The van der Waals surface area contributed by atoms with Crippen LogP contribution >= 0.6 is 0 Å². The van der Waals surface area contributed by atoms with Crippen molar-refractivity contribution in [2.45, 2.75) is 20.3 Å². The predicted octanol–water partition coefficient (Wildman–Crippen LogP) is 2.77. The molecule has 0 saturated carbocycles. The molecular formula is C21H21N3O3. The van der Waals surface area contributed by atoms with Crippen LogP contribution in [0.25, 0.3) is 10.9 Å². The Labute approximate surface area is 156 Å². The number of fused-ring (bicyclic) bond motifs is 1. The number of carbonyl (C=O) groups excluding carboxylic acids is 2. The molecule has 0 aliphatic rings. The summed E-state index contributed by atoms with van der Waals surface area (Å²) in [6.07, 6.45) is 0.427. The van der Waals surface area contributed by atoms with Crippen LogP contribution in [-0.2, 0) is 11.2 Å².